The van der Waals surface area contributed by atoms with E-state index in [0.29, 0.717) is 12.1 Å². The van der Waals surface area contributed by atoms with Crippen LogP contribution < -0.4 is 0 Å². The highest BCUT2D eigenvalue weighted by Crippen LogP contribution is 2.19. The number of methoxy groups -OCH3 is 1. The van der Waals surface area contributed by atoms with Gasteiger partial charge in [0.05, 0.1) is 12.6 Å². The van der Waals surface area contributed by atoms with Crippen molar-refractivity contribution in [3.8, 4) is 0 Å². The van der Waals surface area contributed by atoms with E-state index >= 15 is 0 Å². The van der Waals surface area contributed by atoms with Gasteiger partial charge in [0.15, 0.2) is 0 Å². The minimum absolute atomic E-state index is 0.0983. The van der Waals surface area contributed by atoms with Crippen LogP contribution in [0.4, 0.5) is 8.78 Å². The molecule has 0 aromatic heterocycles. The summed E-state index contributed by atoms with van der Waals surface area (Å²) in [5.41, 5.74) is 0. The molecule has 1 aliphatic carbocycles. The van der Waals surface area contributed by atoms with Crippen LogP contribution >= 0.6 is 0 Å². The van der Waals surface area contributed by atoms with Gasteiger partial charge in [-0.3, -0.25) is 9.80 Å². The van der Waals surface area contributed by atoms with Crippen LogP contribution in [-0.4, -0.2) is 67.7 Å². The SMILES string of the molecule is CC.CC.CC(C)N1CCN(CC(C)(F)F)CC1.COC1CCCCC1. The normalized spacial score (nSPS) is 19.5. The number of rotatable bonds is 4. The van der Waals surface area contributed by atoms with E-state index in [1.165, 1.54) is 32.1 Å². The molecule has 3 nitrogen and oxygen atoms in total. The smallest absolute Gasteiger partial charge is 0.257 e. The molecule has 1 saturated carbocycles. The second-order valence-electron chi connectivity index (χ2n) is 6.97. The van der Waals surface area contributed by atoms with E-state index in [1.807, 2.05) is 39.7 Å². The Labute approximate surface area is 162 Å². The first-order valence-electron chi connectivity index (χ1n) is 10.7. The third kappa shape index (κ3) is 14.9. The van der Waals surface area contributed by atoms with Crippen molar-refractivity contribution in [1.82, 2.24) is 9.80 Å². The van der Waals surface area contributed by atoms with Gasteiger partial charge in [-0.1, -0.05) is 47.0 Å². The number of alkyl halides is 2. The zero-order valence-electron chi connectivity index (χ0n) is 18.8. The monoisotopic (exact) mass is 380 g/mol. The van der Waals surface area contributed by atoms with Crippen LogP contribution in [0.3, 0.4) is 0 Å². The summed E-state index contributed by atoms with van der Waals surface area (Å²) < 4.78 is 30.6. The van der Waals surface area contributed by atoms with Gasteiger partial charge in [-0.05, 0) is 26.7 Å². The standard InChI is InChI=1S/C10H20F2N2.C7H14O.2C2H6/c1-9(2)14-6-4-13(5-7-14)8-10(3,11)12;1-8-7-5-3-2-4-6-7;2*1-2/h9H,4-8H2,1-3H3;7H,2-6H2,1H3;2*1-2H3. The van der Waals surface area contributed by atoms with Crippen molar-refractivity contribution in [2.45, 2.75) is 98.6 Å². The van der Waals surface area contributed by atoms with E-state index in [-0.39, 0.29) is 6.54 Å². The fraction of sp³-hybridized carbons (Fsp3) is 1.00. The Balaban J connectivity index is 0. The van der Waals surface area contributed by atoms with Crippen LogP contribution in [0.1, 0.15) is 80.6 Å². The van der Waals surface area contributed by atoms with Gasteiger partial charge >= 0.3 is 0 Å². The molecule has 0 spiro atoms. The van der Waals surface area contributed by atoms with Crippen molar-refractivity contribution < 1.29 is 13.5 Å². The number of halogens is 2. The van der Waals surface area contributed by atoms with Crippen molar-refractivity contribution in [2.75, 3.05) is 39.8 Å². The lowest BCUT2D eigenvalue weighted by molar-refractivity contribution is -0.0280. The molecule has 0 aromatic carbocycles. The highest BCUT2D eigenvalue weighted by molar-refractivity contribution is 4.77. The highest BCUT2D eigenvalue weighted by atomic mass is 19.3. The van der Waals surface area contributed by atoms with Crippen molar-refractivity contribution >= 4 is 0 Å². The molecule has 5 heteroatoms. The zero-order valence-corrected chi connectivity index (χ0v) is 18.8. The third-order valence-electron chi connectivity index (χ3n) is 4.52. The molecule has 0 unspecified atom stereocenters. The van der Waals surface area contributed by atoms with Crippen LogP contribution in [0, 0.1) is 0 Å². The summed E-state index contributed by atoms with van der Waals surface area (Å²) in [7, 11) is 1.82. The van der Waals surface area contributed by atoms with Crippen LogP contribution in [-0.2, 0) is 4.74 Å². The summed E-state index contributed by atoms with van der Waals surface area (Å²) >= 11 is 0. The van der Waals surface area contributed by atoms with Gasteiger partial charge in [0.2, 0.25) is 0 Å². The molecular formula is C21H46F2N2O. The predicted molar refractivity (Wildman–Crippen MR) is 110 cm³/mol. The predicted octanol–water partition coefficient (Wildman–Crippen LogP) is 5.69. The summed E-state index contributed by atoms with van der Waals surface area (Å²) in [5, 5.41) is 0. The van der Waals surface area contributed by atoms with Crippen molar-refractivity contribution in [2.24, 2.45) is 0 Å². The Morgan fingerprint density at radius 2 is 1.38 bits per heavy atom. The molecule has 1 heterocycles. The number of nitrogens with zero attached hydrogens (tertiary/aromatic N) is 2. The minimum atomic E-state index is -2.56. The van der Waals surface area contributed by atoms with Crippen LogP contribution in [0.25, 0.3) is 0 Å². The minimum Gasteiger partial charge on any atom is -0.381 e. The summed E-state index contributed by atoms with van der Waals surface area (Å²) in [5.74, 6) is -2.56. The van der Waals surface area contributed by atoms with Gasteiger partial charge in [-0.2, -0.15) is 0 Å². The number of hydrogen-bond donors (Lipinski definition) is 0. The van der Waals surface area contributed by atoms with Crippen molar-refractivity contribution in [1.29, 1.82) is 0 Å². The molecule has 1 saturated heterocycles. The quantitative estimate of drug-likeness (QED) is 0.623. The van der Waals surface area contributed by atoms with Crippen molar-refractivity contribution in [3.05, 3.63) is 0 Å². The molecular weight excluding hydrogens is 334 g/mol. The second-order valence-corrected chi connectivity index (χ2v) is 6.97. The summed E-state index contributed by atoms with van der Waals surface area (Å²) in [4.78, 5) is 4.17. The molecule has 0 bridgehead atoms. The lowest BCUT2D eigenvalue weighted by Gasteiger charge is -2.37. The van der Waals surface area contributed by atoms with E-state index in [2.05, 4.69) is 18.7 Å². The fourth-order valence-electron chi connectivity index (χ4n) is 3.13. The molecule has 2 rings (SSSR count). The Morgan fingerprint density at radius 3 is 1.69 bits per heavy atom. The highest BCUT2D eigenvalue weighted by Gasteiger charge is 2.27. The molecule has 2 aliphatic rings. The van der Waals surface area contributed by atoms with Gasteiger partial charge in [-0.25, -0.2) is 8.78 Å². The molecule has 0 radical (unpaired) electrons. The Morgan fingerprint density at radius 1 is 0.923 bits per heavy atom. The molecule has 0 aromatic rings. The first-order valence-corrected chi connectivity index (χ1v) is 10.7. The topological polar surface area (TPSA) is 15.7 Å². The summed E-state index contributed by atoms with van der Waals surface area (Å²) in [6, 6.07) is 0.527. The van der Waals surface area contributed by atoms with Crippen LogP contribution in [0.5, 0.6) is 0 Å². The second kappa shape index (κ2) is 16.9. The Hall–Kier alpha value is -0.260. The van der Waals surface area contributed by atoms with E-state index in [9.17, 15) is 8.78 Å². The lowest BCUT2D eigenvalue weighted by atomic mass is 9.98. The van der Waals surface area contributed by atoms with Crippen molar-refractivity contribution in [3.63, 3.8) is 0 Å². The molecule has 160 valence electrons. The zero-order chi connectivity index (χ0) is 20.6. The largest absolute Gasteiger partial charge is 0.381 e. The average Bonchev–Trinajstić information content (AvgIpc) is 2.65. The molecule has 26 heavy (non-hydrogen) atoms. The van der Waals surface area contributed by atoms with E-state index in [4.69, 9.17) is 4.74 Å². The van der Waals surface area contributed by atoms with Gasteiger partial charge in [0.25, 0.3) is 5.92 Å². The van der Waals surface area contributed by atoms with Crippen LogP contribution in [0.2, 0.25) is 0 Å². The van der Waals surface area contributed by atoms with Gasteiger partial charge in [0.1, 0.15) is 0 Å². The molecule has 2 fully saturated rings. The van der Waals surface area contributed by atoms with E-state index < -0.39 is 5.92 Å². The number of ether oxygens (including phenoxy) is 1. The first-order chi connectivity index (χ1) is 12.3. The van der Waals surface area contributed by atoms with E-state index in [0.717, 1.165) is 33.1 Å². The fourth-order valence-corrected chi connectivity index (χ4v) is 3.13. The average molecular weight is 381 g/mol. The maximum Gasteiger partial charge on any atom is 0.257 e. The van der Waals surface area contributed by atoms with Crippen LogP contribution in [0.15, 0.2) is 0 Å². The summed E-state index contributed by atoms with van der Waals surface area (Å²) in [6.45, 7) is 16.5. The maximum atomic E-state index is 12.7. The number of hydrogen-bond acceptors (Lipinski definition) is 3. The van der Waals surface area contributed by atoms with Gasteiger partial charge in [0, 0.05) is 46.3 Å². The maximum absolute atomic E-state index is 12.7. The lowest BCUT2D eigenvalue weighted by Crippen LogP contribution is -2.51. The summed E-state index contributed by atoms with van der Waals surface area (Å²) in [6.07, 6.45) is 7.33. The van der Waals surface area contributed by atoms with E-state index in [1.54, 1.807) is 0 Å². The molecule has 1 aliphatic heterocycles. The Bertz CT molecular complexity index is 282. The third-order valence-corrected chi connectivity index (χ3v) is 4.52. The molecule has 0 N–H and O–H groups in total. The molecule has 0 amide bonds. The number of piperazine rings is 1. The van der Waals surface area contributed by atoms with Gasteiger partial charge in [-0.15, -0.1) is 0 Å². The first kappa shape index (κ1) is 28.0. The molecule has 0 atom stereocenters. The Kier molecular flexibility index (Phi) is 18.1. The van der Waals surface area contributed by atoms with Gasteiger partial charge < -0.3 is 4.74 Å².